The zero-order valence-corrected chi connectivity index (χ0v) is 12.3. The lowest BCUT2D eigenvalue weighted by atomic mass is 9.93. The molecule has 1 aromatic rings. The first kappa shape index (κ1) is 15.0. The summed E-state index contributed by atoms with van der Waals surface area (Å²) in [6, 6.07) is 10.3. The molecule has 1 fully saturated rings. The second kappa shape index (κ2) is 8.05. The minimum absolute atomic E-state index is 0.152. The van der Waals surface area contributed by atoms with Gasteiger partial charge in [-0.25, -0.2) is 0 Å². The molecule has 1 amide bonds. The maximum Gasteiger partial charge on any atom is 0.220 e. The Morgan fingerprint density at radius 1 is 1.40 bits per heavy atom. The fourth-order valence-electron chi connectivity index (χ4n) is 2.76. The Bertz CT molecular complexity index is 399. The number of carbonyl (C=O) groups excluding carboxylic acids is 1. The van der Waals surface area contributed by atoms with Crippen molar-refractivity contribution in [2.24, 2.45) is 0 Å². The van der Waals surface area contributed by atoms with Crippen molar-refractivity contribution < 1.29 is 9.53 Å². The van der Waals surface area contributed by atoms with Crippen LogP contribution < -0.4 is 5.32 Å². The molecule has 2 atom stereocenters. The van der Waals surface area contributed by atoms with E-state index in [1.54, 1.807) is 0 Å². The average Bonchev–Trinajstić information content (AvgIpc) is 2.99. The Morgan fingerprint density at radius 3 is 2.85 bits per heavy atom. The van der Waals surface area contributed by atoms with E-state index in [0.717, 1.165) is 38.8 Å². The zero-order valence-electron chi connectivity index (χ0n) is 12.3. The second-order valence-corrected chi connectivity index (χ2v) is 5.49. The summed E-state index contributed by atoms with van der Waals surface area (Å²) >= 11 is 0. The first-order valence-corrected chi connectivity index (χ1v) is 7.73. The summed E-state index contributed by atoms with van der Waals surface area (Å²) in [4.78, 5) is 12.0. The van der Waals surface area contributed by atoms with Gasteiger partial charge in [0, 0.05) is 19.6 Å². The van der Waals surface area contributed by atoms with E-state index in [2.05, 4.69) is 24.4 Å². The van der Waals surface area contributed by atoms with Crippen molar-refractivity contribution in [3.8, 4) is 0 Å². The fraction of sp³-hybridized carbons (Fsp3) is 0.588. The summed E-state index contributed by atoms with van der Waals surface area (Å²) in [5.74, 6) is 0.470. The Morgan fingerprint density at radius 2 is 2.20 bits per heavy atom. The van der Waals surface area contributed by atoms with Crippen LogP contribution in [0.4, 0.5) is 0 Å². The number of hydrogen-bond donors (Lipinski definition) is 1. The predicted octanol–water partition coefficient (Wildman–Crippen LogP) is 3.26. The zero-order chi connectivity index (χ0) is 14.2. The quantitative estimate of drug-likeness (QED) is 0.829. The normalized spacial score (nSPS) is 19.8. The van der Waals surface area contributed by atoms with Gasteiger partial charge in [0.25, 0.3) is 0 Å². The number of benzene rings is 1. The van der Waals surface area contributed by atoms with E-state index < -0.39 is 0 Å². The first-order chi connectivity index (χ1) is 9.79. The van der Waals surface area contributed by atoms with Gasteiger partial charge in [-0.05, 0) is 37.2 Å². The maximum atomic E-state index is 12.0. The molecule has 3 nitrogen and oxygen atoms in total. The van der Waals surface area contributed by atoms with Gasteiger partial charge in [0.1, 0.15) is 0 Å². The second-order valence-electron chi connectivity index (χ2n) is 5.49. The largest absolute Gasteiger partial charge is 0.378 e. The molecule has 0 saturated carbocycles. The smallest absolute Gasteiger partial charge is 0.220 e. The van der Waals surface area contributed by atoms with Gasteiger partial charge < -0.3 is 10.1 Å². The van der Waals surface area contributed by atoms with Crippen LogP contribution in [0.1, 0.15) is 50.5 Å². The fourth-order valence-corrected chi connectivity index (χ4v) is 2.76. The SMILES string of the molecule is CC[C@H](CC(=O)NCC[C@H]1CCCO1)c1ccccc1. The molecule has 1 N–H and O–H groups in total. The molecule has 1 aliphatic rings. The lowest BCUT2D eigenvalue weighted by Gasteiger charge is -2.16. The van der Waals surface area contributed by atoms with Gasteiger partial charge in [0.15, 0.2) is 0 Å². The summed E-state index contributed by atoms with van der Waals surface area (Å²) in [7, 11) is 0. The monoisotopic (exact) mass is 275 g/mol. The predicted molar refractivity (Wildman–Crippen MR) is 80.7 cm³/mol. The molecule has 0 bridgehead atoms. The van der Waals surface area contributed by atoms with Gasteiger partial charge in [-0.2, -0.15) is 0 Å². The van der Waals surface area contributed by atoms with E-state index in [9.17, 15) is 4.79 Å². The number of ether oxygens (including phenoxy) is 1. The van der Waals surface area contributed by atoms with E-state index >= 15 is 0 Å². The van der Waals surface area contributed by atoms with E-state index in [0.29, 0.717) is 18.4 Å². The standard InChI is InChI=1S/C17H25NO2/c1-2-14(15-7-4-3-5-8-15)13-17(19)18-11-10-16-9-6-12-20-16/h3-5,7-8,14,16H,2,6,9-13H2,1H3,(H,18,19)/t14-,16-/m1/s1. The number of carbonyl (C=O) groups is 1. The van der Waals surface area contributed by atoms with E-state index in [1.807, 2.05) is 18.2 Å². The van der Waals surface area contributed by atoms with Crippen molar-refractivity contribution in [3.63, 3.8) is 0 Å². The third-order valence-corrected chi connectivity index (χ3v) is 4.01. The Balaban J connectivity index is 1.72. The van der Waals surface area contributed by atoms with Gasteiger partial charge in [0.2, 0.25) is 5.91 Å². The average molecular weight is 275 g/mol. The highest BCUT2D eigenvalue weighted by atomic mass is 16.5. The number of hydrogen-bond acceptors (Lipinski definition) is 2. The molecule has 0 radical (unpaired) electrons. The highest BCUT2D eigenvalue weighted by Crippen LogP contribution is 2.22. The maximum absolute atomic E-state index is 12.0. The molecule has 1 saturated heterocycles. The summed E-state index contributed by atoms with van der Waals surface area (Å²) in [5, 5.41) is 3.03. The van der Waals surface area contributed by atoms with Crippen LogP contribution >= 0.6 is 0 Å². The molecule has 1 aromatic carbocycles. The molecule has 0 aromatic heterocycles. The molecular formula is C17H25NO2. The summed E-state index contributed by atoms with van der Waals surface area (Å²) in [6.45, 7) is 3.75. The van der Waals surface area contributed by atoms with Crippen molar-refractivity contribution in [1.29, 1.82) is 0 Å². The van der Waals surface area contributed by atoms with Crippen LogP contribution in [0.5, 0.6) is 0 Å². The molecule has 110 valence electrons. The molecule has 0 aliphatic carbocycles. The molecule has 2 rings (SSSR count). The molecular weight excluding hydrogens is 250 g/mol. The Labute approximate surface area is 121 Å². The van der Waals surface area contributed by atoms with Gasteiger partial charge in [-0.15, -0.1) is 0 Å². The van der Waals surface area contributed by atoms with Gasteiger partial charge in [-0.1, -0.05) is 37.3 Å². The van der Waals surface area contributed by atoms with Crippen LogP contribution in [0.2, 0.25) is 0 Å². The summed E-state index contributed by atoms with van der Waals surface area (Å²) in [6.07, 6.45) is 5.15. The van der Waals surface area contributed by atoms with Crippen molar-refractivity contribution in [1.82, 2.24) is 5.32 Å². The number of rotatable bonds is 7. The van der Waals surface area contributed by atoms with Gasteiger partial charge in [-0.3, -0.25) is 4.79 Å². The third kappa shape index (κ3) is 4.64. The van der Waals surface area contributed by atoms with Crippen molar-refractivity contribution >= 4 is 5.91 Å². The van der Waals surface area contributed by atoms with Crippen LogP contribution in [0.3, 0.4) is 0 Å². The lowest BCUT2D eigenvalue weighted by Crippen LogP contribution is -2.28. The van der Waals surface area contributed by atoms with Crippen LogP contribution in [0.15, 0.2) is 30.3 Å². The topological polar surface area (TPSA) is 38.3 Å². The Kier molecular flexibility index (Phi) is 6.06. The molecule has 0 unspecified atom stereocenters. The highest BCUT2D eigenvalue weighted by Gasteiger charge is 2.17. The first-order valence-electron chi connectivity index (χ1n) is 7.73. The van der Waals surface area contributed by atoms with Crippen LogP contribution in [-0.4, -0.2) is 25.2 Å². The molecule has 1 aliphatic heterocycles. The number of nitrogens with one attached hydrogen (secondary N) is 1. The molecule has 20 heavy (non-hydrogen) atoms. The van der Waals surface area contributed by atoms with Gasteiger partial charge in [0.05, 0.1) is 6.10 Å². The van der Waals surface area contributed by atoms with Crippen molar-refractivity contribution in [2.45, 2.75) is 51.0 Å². The third-order valence-electron chi connectivity index (χ3n) is 4.01. The summed E-state index contributed by atoms with van der Waals surface area (Å²) in [5.41, 5.74) is 1.25. The van der Waals surface area contributed by atoms with Crippen LogP contribution in [0.25, 0.3) is 0 Å². The highest BCUT2D eigenvalue weighted by molar-refractivity contribution is 5.76. The Hall–Kier alpha value is -1.35. The van der Waals surface area contributed by atoms with Gasteiger partial charge >= 0.3 is 0 Å². The minimum atomic E-state index is 0.152. The van der Waals surface area contributed by atoms with Crippen molar-refractivity contribution in [3.05, 3.63) is 35.9 Å². The minimum Gasteiger partial charge on any atom is -0.378 e. The number of amides is 1. The molecule has 1 heterocycles. The molecule has 0 spiro atoms. The van der Waals surface area contributed by atoms with E-state index in [4.69, 9.17) is 4.74 Å². The van der Waals surface area contributed by atoms with E-state index in [-0.39, 0.29) is 5.91 Å². The van der Waals surface area contributed by atoms with Crippen LogP contribution in [-0.2, 0) is 9.53 Å². The lowest BCUT2D eigenvalue weighted by molar-refractivity contribution is -0.121. The molecule has 3 heteroatoms. The summed E-state index contributed by atoms with van der Waals surface area (Å²) < 4.78 is 5.56. The van der Waals surface area contributed by atoms with Crippen molar-refractivity contribution in [2.75, 3.05) is 13.2 Å². The van der Waals surface area contributed by atoms with E-state index in [1.165, 1.54) is 5.56 Å². The van der Waals surface area contributed by atoms with Crippen LogP contribution in [0, 0.1) is 0 Å².